The van der Waals surface area contributed by atoms with E-state index in [1.807, 2.05) is 20.8 Å². The van der Waals surface area contributed by atoms with Crippen molar-refractivity contribution in [3.05, 3.63) is 23.8 Å². The fraction of sp³-hybridized carbons (Fsp3) is 0.643. The van der Waals surface area contributed by atoms with Gasteiger partial charge in [-0.05, 0) is 20.8 Å². The summed E-state index contributed by atoms with van der Waals surface area (Å²) in [4.78, 5) is 22.4. The molecule has 1 amide bonds. The first-order chi connectivity index (χ1) is 9.52. The van der Waals surface area contributed by atoms with Crippen molar-refractivity contribution in [1.82, 2.24) is 20.2 Å². The van der Waals surface area contributed by atoms with Crippen LogP contribution in [0.4, 0.5) is 0 Å². The quantitative estimate of drug-likeness (QED) is 0.869. The molecule has 1 saturated heterocycles. The van der Waals surface area contributed by atoms with Crippen molar-refractivity contribution in [3.8, 4) is 0 Å². The number of carbonyl (C=O) groups is 1. The van der Waals surface area contributed by atoms with Gasteiger partial charge in [-0.2, -0.15) is 0 Å². The van der Waals surface area contributed by atoms with Gasteiger partial charge in [-0.15, -0.1) is 0 Å². The molecule has 2 rings (SSSR count). The van der Waals surface area contributed by atoms with Crippen molar-refractivity contribution >= 4 is 5.91 Å². The van der Waals surface area contributed by atoms with Gasteiger partial charge in [0.1, 0.15) is 0 Å². The second kappa shape index (κ2) is 6.76. The summed E-state index contributed by atoms with van der Waals surface area (Å²) in [5, 5.41) is 2.87. The SMILES string of the molecule is Cc1cnc(CNC(=O)CN2C[C@@H](C)O[C@@H](C)C2)cn1. The molecule has 1 N–H and O–H groups in total. The van der Waals surface area contributed by atoms with Crippen LogP contribution in [0.2, 0.25) is 0 Å². The molecule has 0 saturated carbocycles. The van der Waals surface area contributed by atoms with E-state index in [4.69, 9.17) is 4.74 Å². The van der Waals surface area contributed by atoms with E-state index < -0.39 is 0 Å². The van der Waals surface area contributed by atoms with E-state index >= 15 is 0 Å². The third-order valence-corrected chi connectivity index (χ3v) is 3.16. The summed E-state index contributed by atoms with van der Waals surface area (Å²) in [6, 6.07) is 0. The predicted molar refractivity (Wildman–Crippen MR) is 75.1 cm³/mol. The van der Waals surface area contributed by atoms with E-state index in [1.165, 1.54) is 0 Å². The molecule has 1 aromatic heterocycles. The molecule has 1 aromatic rings. The minimum absolute atomic E-state index is 0.00803. The summed E-state index contributed by atoms with van der Waals surface area (Å²) in [6.07, 6.45) is 3.74. The Kier molecular flexibility index (Phi) is 5.03. The lowest BCUT2D eigenvalue weighted by Gasteiger charge is -2.34. The van der Waals surface area contributed by atoms with Gasteiger partial charge in [-0.3, -0.25) is 19.7 Å². The van der Waals surface area contributed by atoms with Crippen molar-refractivity contribution in [2.75, 3.05) is 19.6 Å². The number of morpholine rings is 1. The number of carbonyl (C=O) groups excluding carboxylic acids is 1. The molecule has 0 spiro atoms. The Hall–Kier alpha value is -1.53. The third kappa shape index (κ3) is 4.54. The van der Waals surface area contributed by atoms with Crippen LogP contribution in [0.15, 0.2) is 12.4 Å². The first-order valence-electron chi connectivity index (χ1n) is 6.95. The van der Waals surface area contributed by atoms with Crippen LogP contribution in [0.1, 0.15) is 25.2 Å². The Bertz CT molecular complexity index is 439. The van der Waals surface area contributed by atoms with Crippen molar-refractivity contribution in [2.45, 2.75) is 39.5 Å². The first kappa shape index (κ1) is 14.9. The molecular formula is C14H22N4O2. The van der Waals surface area contributed by atoms with Gasteiger partial charge in [0, 0.05) is 19.3 Å². The van der Waals surface area contributed by atoms with Crippen LogP contribution in [0.5, 0.6) is 0 Å². The highest BCUT2D eigenvalue weighted by atomic mass is 16.5. The molecule has 0 unspecified atom stereocenters. The molecule has 1 aliphatic heterocycles. The number of aryl methyl sites for hydroxylation is 1. The van der Waals surface area contributed by atoms with E-state index in [9.17, 15) is 4.79 Å². The zero-order valence-electron chi connectivity index (χ0n) is 12.3. The van der Waals surface area contributed by atoms with Crippen LogP contribution in [0.3, 0.4) is 0 Å². The lowest BCUT2D eigenvalue weighted by Crippen LogP contribution is -2.49. The number of hydrogen-bond donors (Lipinski definition) is 1. The Balaban J connectivity index is 1.76. The average Bonchev–Trinajstić information content (AvgIpc) is 2.37. The van der Waals surface area contributed by atoms with Gasteiger partial charge in [0.15, 0.2) is 0 Å². The minimum atomic E-state index is 0.00803. The number of nitrogens with zero attached hydrogens (tertiary/aromatic N) is 3. The second-order valence-electron chi connectivity index (χ2n) is 5.38. The Morgan fingerprint density at radius 3 is 2.65 bits per heavy atom. The number of rotatable bonds is 4. The van der Waals surface area contributed by atoms with Crippen LogP contribution in [-0.2, 0) is 16.1 Å². The molecule has 2 atom stereocenters. The molecule has 1 aliphatic rings. The maximum atomic E-state index is 11.9. The molecular weight excluding hydrogens is 256 g/mol. The van der Waals surface area contributed by atoms with Gasteiger partial charge in [0.25, 0.3) is 0 Å². The molecule has 0 radical (unpaired) electrons. The van der Waals surface area contributed by atoms with Crippen LogP contribution < -0.4 is 5.32 Å². The van der Waals surface area contributed by atoms with Crippen molar-refractivity contribution in [2.24, 2.45) is 0 Å². The molecule has 0 aromatic carbocycles. The van der Waals surface area contributed by atoms with Crippen molar-refractivity contribution in [1.29, 1.82) is 0 Å². The van der Waals surface area contributed by atoms with E-state index in [1.54, 1.807) is 12.4 Å². The smallest absolute Gasteiger partial charge is 0.234 e. The standard InChI is InChI=1S/C14H22N4O2/c1-10-4-16-13(5-15-10)6-17-14(19)9-18-7-11(2)20-12(3)8-18/h4-5,11-12H,6-9H2,1-3H3,(H,17,19)/t11-,12+. The van der Waals surface area contributed by atoms with Crippen molar-refractivity contribution in [3.63, 3.8) is 0 Å². The maximum absolute atomic E-state index is 11.9. The second-order valence-corrected chi connectivity index (χ2v) is 5.38. The topological polar surface area (TPSA) is 67.4 Å². The number of amides is 1. The maximum Gasteiger partial charge on any atom is 0.234 e. The van der Waals surface area contributed by atoms with Gasteiger partial charge >= 0.3 is 0 Å². The highest BCUT2D eigenvalue weighted by Crippen LogP contribution is 2.09. The van der Waals surface area contributed by atoms with E-state index in [2.05, 4.69) is 20.2 Å². The molecule has 20 heavy (non-hydrogen) atoms. The molecule has 0 bridgehead atoms. The summed E-state index contributed by atoms with van der Waals surface area (Å²) >= 11 is 0. The highest BCUT2D eigenvalue weighted by Gasteiger charge is 2.23. The molecule has 2 heterocycles. The Labute approximate surface area is 119 Å². The molecule has 1 fully saturated rings. The summed E-state index contributed by atoms with van der Waals surface area (Å²) < 4.78 is 5.65. The van der Waals surface area contributed by atoms with Crippen LogP contribution in [-0.4, -0.2) is 52.6 Å². The molecule has 0 aliphatic carbocycles. The highest BCUT2D eigenvalue weighted by molar-refractivity contribution is 5.77. The van der Waals surface area contributed by atoms with Gasteiger partial charge in [-0.25, -0.2) is 0 Å². The van der Waals surface area contributed by atoms with Crippen molar-refractivity contribution < 1.29 is 9.53 Å². The summed E-state index contributed by atoms with van der Waals surface area (Å²) in [5.74, 6) is 0.00803. The minimum Gasteiger partial charge on any atom is -0.373 e. The van der Waals surface area contributed by atoms with E-state index in [-0.39, 0.29) is 18.1 Å². The fourth-order valence-electron chi connectivity index (χ4n) is 2.37. The number of hydrogen-bond acceptors (Lipinski definition) is 5. The Morgan fingerprint density at radius 2 is 2.05 bits per heavy atom. The predicted octanol–water partition coefficient (Wildman–Crippen LogP) is 0.510. The number of aromatic nitrogens is 2. The average molecular weight is 278 g/mol. The van der Waals surface area contributed by atoms with Crippen LogP contribution >= 0.6 is 0 Å². The normalized spacial score (nSPS) is 23.6. The summed E-state index contributed by atoms with van der Waals surface area (Å²) in [6.45, 7) is 8.35. The fourth-order valence-corrected chi connectivity index (χ4v) is 2.37. The number of nitrogens with one attached hydrogen (secondary N) is 1. The van der Waals surface area contributed by atoms with Gasteiger partial charge in [0.2, 0.25) is 5.91 Å². The van der Waals surface area contributed by atoms with Crippen LogP contribution in [0, 0.1) is 6.92 Å². The zero-order chi connectivity index (χ0) is 14.5. The summed E-state index contributed by atoms with van der Waals surface area (Å²) in [5.41, 5.74) is 1.64. The van der Waals surface area contributed by atoms with Gasteiger partial charge in [0.05, 0.1) is 42.9 Å². The largest absolute Gasteiger partial charge is 0.373 e. The van der Waals surface area contributed by atoms with E-state index in [0.29, 0.717) is 13.1 Å². The van der Waals surface area contributed by atoms with E-state index in [0.717, 1.165) is 24.5 Å². The third-order valence-electron chi connectivity index (χ3n) is 3.16. The van der Waals surface area contributed by atoms with Gasteiger partial charge in [-0.1, -0.05) is 0 Å². The first-order valence-corrected chi connectivity index (χ1v) is 6.95. The molecule has 6 heteroatoms. The molecule has 6 nitrogen and oxygen atoms in total. The lowest BCUT2D eigenvalue weighted by molar-refractivity contribution is -0.126. The Morgan fingerprint density at radius 1 is 1.35 bits per heavy atom. The monoisotopic (exact) mass is 278 g/mol. The van der Waals surface area contributed by atoms with Gasteiger partial charge < -0.3 is 10.1 Å². The summed E-state index contributed by atoms with van der Waals surface area (Å²) in [7, 11) is 0. The lowest BCUT2D eigenvalue weighted by atomic mass is 10.2. The van der Waals surface area contributed by atoms with Crippen LogP contribution in [0.25, 0.3) is 0 Å². The number of ether oxygens (including phenoxy) is 1. The molecule has 110 valence electrons. The zero-order valence-corrected chi connectivity index (χ0v) is 12.3.